The summed E-state index contributed by atoms with van der Waals surface area (Å²) in [7, 11) is 0. The minimum absolute atomic E-state index is 0.0284. The summed E-state index contributed by atoms with van der Waals surface area (Å²) in [5, 5.41) is 0.216. The van der Waals surface area contributed by atoms with Gasteiger partial charge in [-0.3, -0.25) is 9.59 Å². The van der Waals surface area contributed by atoms with Gasteiger partial charge < -0.3 is 9.32 Å². The Hall–Kier alpha value is -2.14. The van der Waals surface area contributed by atoms with Gasteiger partial charge in [-0.15, -0.1) is 0 Å². The number of carbonyl (C=O) groups excluding carboxylic acids is 2. The molecule has 0 spiro atoms. The maximum atomic E-state index is 13.6. The average Bonchev–Trinajstić information content (AvgIpc) is 2.91. The number of amides is 1. The number of rotatable bonds is 1. The van der Waals surface area contributed by atoms with Crippen molar-refractivity contribution in [3.63, 3.8) is 0 Å². The molecule has 0 saturated heterocycles. The molecule has 0 atom stereocenters. The highest BCUT2D eigenvalue weighted by molar-refractivity contribution is 6.34. The predicted molar refractivity (Wildman–Crippen MR) is 92.1 cm³/mol. The lowest BCUT2D eigenvalue weighted by Gasteiger charge is -2.30. The Labute approximate surface area is 149 Å². The van der Waals surface area contributed by atoms with E-state index in [2.05, 4.69) is 0 Å². The van der Waals surface area contributed by atoms with Gasteiger partial charge in [0.2, 0.25) is 0 Å². The van der Waals surface area contributed by atoms with Gasteiger partial charge in [0.25, 0.3) is 5.91 Å². The van der Waals surface area contributed by atoms with E-state index in [-0.39, 0.29) is 22.5 Å². The van der Waals surface area contributed by atoms with Crippen LogP contribution >= 0.6 is 11.6 Å². The summed E-state index contributed by atoms with van der Waals surface area (Å²) < 4.78 is 19.4. The van der Waals surface area contributed by atoms with E-state index in [1.54, 1.807) is 11.8 Å². The minimum atomic E-state index is -0.409. The first-order valence-corrected chi connectivity index (χ1v) is 8.80. The van der Waals surface area contributed by atoms with Gasteiger partial charge in [-0.25, -0.2) is 4.39 Å². The highest BCUT2D eigenvalue weighted by Crippen LogP contribution is 2.37. The number of aryl methyl sites for hydroxylation is 2. The molecule has 0 N–H and O–H groups in total. The molecule has 0 unspecified atom stereocenters. The monoisotopic (exact) mass is 361 g/mol. The summed E-state index contributed by atoms with van der Waals surface area (Å²) in [6.45, 7) is 2.23. The third-order valence-electron chi connectivity index (χ3n) is 4.95. The van der Waals surface area contributed by atoms with E-state index in [4.69, 9.17) is 16.0 Å². The second-order valence-corrected chi connectivity index (χ2v) is 6.99. The van der Waals surface area contributed by atoms with E-state index < -0.39 is 5.82 Å². The topological polar surface area (TPSA) is 50.5 Å². The van der Waals surface area contributed by atoms with Crippen LogP contribution in [0, 0.1) is 12.7 Å². The molecule has 1 aromatic carbocycles. The molecular weight excluding hydrogens is 345 g/mol. The molecule has 1 aliphatic heterocycles. The zero-order chi connectivity index (χ0) is 17.7. The molecule has 4 rings (SSSR count). The lowest BCUT2D eigenvalue weighted by Crippen LogP contribution is -2.36. The third-order valence-corrected chi connectivity index (χ3v) is 5.24. The fourth-order valence-electron chi connectivity index (χ4n) is 3.83. The second-order valence-electron chi connectivity index (χ2n) is 6.59. The molecule has 2 aromatic rings. The Kier molecular flexibility index (Phi) is 3.91. The van der Waals surface area contributed by atoms with Crippen LogP contribution in [0.2, 0.25) is 5.02 Å². The van der Waals surface area contributed by atoms with E-state index in [0.717, 1.165) is 18.4 Å². The lowest BCUT2D eigenvalue weighted by molar-refractivity contribution is 0.0947. The number of Topliss-reactive ketones (excluding diaryl/α,β-unsaturated/α-hetero) is 1. The van der Waals surface area contributed by atoms with Crippen molar-refractivity contribution in [3.8, 4) is 0 Å². The number of fused-ring (bicyclic) bond motifs is 2. The van der Waals surface area contributed by atoms with Crippen molar-refractivity contribution in [1.29, 1.82) is 0 Å². The molecule has 2 aliphatic rings. The van der Waals surface area contributed by atoms with E-state index in [1.165, 1.54) is 12.1 Å². The maximum Gasteiger partial charge on any atom is 0.294 e. The predicted octanol–water partition coefficient (Wildman–Crippen LogP) is 4.49. The largest absolute Gasteiger partial charge is 0.455 e. The van der Waals surface area contributed by atoms with Crippen LogP contribution in [-0.2, 0) is 12.8 Å². The van der Waals surface area contributed by atoms with E-state index >= 15 is 0 Å². The number of ketones is 1. The molecular formula is C19H17ClFNO3. The van der Waals surface area contributed by atoms with Crippen molar-refractivity contribution < 1.29 is 18.4 Å². The van der Waals surface area contributed by atoms with Crippen LogP contribution in [-0.4, -0.2) is 18.2 Å². The van der Waals surface area contributed by atoms with E-state index in [9.17, 15) is 14.0 Å². The Morgan fingerprint density at radius 1 is 1.24 bits per heavy atom. The number of halogens is 2. The van der Waals surface area contributed by atoms with E-state index in [1.807, 2.05) is 0 Å². The molecule has 1 aromatic heterocycles. The number of hydrogen-bond donors (Lipinski definition) is 0. The molecule has 0 fully saturated rings. The van der Waals surface area contributed by atoms with Gasteiger partial charge >= 0.3 is 0 Å². The van der Waals surface area contributed by atoms with Crippen LogP contribution in [0.25, 0.3) is 0 Å². The lowest BCUT2D eigenvalue weighted by atomic mass is 9.93. The Balaban J connectivity index is 1.78. The number of hydrogen-bond acceptors (Lipinski definition) is 3. The molecule has 4 nitrogen and oxygen atoms in total. The van der Waals surface area contributed by atoms with Crippen LogP contribution in [0.4, 0.5) is 10.1 Å². The third kappa shape index (κ3) is 2.58. The number of furan rings is 1. The van der Waals surface area contributed by atoms with Gasteiger partial charge in [-0.05, 0) is 43.9 Å². The van der Waals surface area contributed by atoms with Crippen LogP contribution in [0.3, 0.4) is 0 Å². The number of benzene rings is 1. The van der Waals surface area contributed by atoms with Crippen molar-refractivity contribution in [2.24, 2.45) is 0 Å². The summed E-state index contributed by atoms with van der Waals surface area (Å²) >= 11 is 6.22. The first-order chi connectivity index (χ1) is 12.0. The average molecular weight is 362 g/mol. The van der Waals surface area contributed by atoms with E-state index in [0.29, 0.717) is 48.4 Å². The van der Waals surface area contributed by atoms with Crippen LogP contribution in [0.1, 0.15) is 57.1 Å². The summed E-state index contributed by atoms with van der Waals surface area (Å²) in [5.74, 6) is 0.0798. The number of carbonyl (C=O) groups is 2. The first kappa shape index (κ1) is 16.3. The van der Waals surface area contributed by atoms with Crippen LogP contribution < -0.4 is 4.90 Å². The summed E-state index contributed by atoms with van der Waals surface area (Å²) in [6, 6.07) is 2.64. The van der Waals surface area contributed by atoms with Crippen LogP contribution in [0.15, 0.2) is 16.5 Å². The Morgan fingerprint density at radius 2 is 2.04 bits per heavy atom. The van der Waals surface area contributed by atoms with Gasteiger partial charge in [0.05, 0.1) is 16.3 Å². The number of anilines is 1. The van der Waals surface area contributed by atoms with Gasteiger partial charge in [-0.2, -0.15) is 0 Å². The van der Waals surface area contributed by atoms with Crippen molar-refractivity contribution in [1.82, 2.24) is 0 Å². The molecule has 0 saturated carbocycles. The van der Waals surface area contributed by atoms with Gasteiger partial charge in [-0.1, -0.05) is 11.6 Å². The fraction of sp³-hybridized carbons (Fsp3) is 0.368. The molecule has 130 valence electrons. The van der Waals surface area contributed by atoms with Crippen molar-refractivity contribution in [3.05, 3.63) is 51.2 Å². The first-order valence-electron chi connectivity index (χ1n) is 8.42. The van der Waals surface area contributed by atoms with Gasteiger partial charge in [0.15, 0.2) is 11.5 Å². The molecule has 0 radical (unpaired) electrons. The zero-order valence-corrected chi connectivity index (χ0v) is 14.6. The normalized spacial score (nSPS) is 16.6. The molecule has 1 aliphatic carbocycles. The van der Waals surface area contributed by atoms with Crippen molar-refractivity contribution in [2.75, 3.05) is 11.4 Å². The highest BCUT2D eigenvalue weighted by Gasteiger charge is 2.33. The van der Waals surface area contributed by atoms with Crippen molar-refractivity contribution in [2.45, 2.75) is 39.0 Å². The Morgan fingerprint density at radius 3 is 2.80 bits per heavy atom. The fourth-order valence-corrected chi connectivity index (χ4v) is 4.16. The Bertz CT molecular complexity index is 903. The molecule has 2 heterocycles. The van der Waals surface area contributed by atoms with Gasteiger partial charge in [0, 0.05) is 24.9 Å². The minimum Gasteiger partial charge on any atom is -0.455 e. The standard InChI is InChI=1S/C19H17ClFNO3/c1-10-16-14(23)5-2-6-15(16)25-18(10)19(24)22-7-3-4-11-8-12(21)9-13(20)17(11)22/h8-9H,2-7H2,1H3. The smallest absolute Gasteiger partial charge is 0.294 e. The maximum absolute atomic E-state index is 13.6. The molecule has 6 heteroatoms. The summed E-state index contributed by atoms with van der Waals surface area (Å²) in [6.07, 6.45) is 3.28. The second kappa shape index (κ2) is 5.99. The highest BCUT2D eigenvalue weighted by atomic mass is 35.5. The quantitative estimate of drug-likeness (QED) is 0.751. The number of nitrogens with zero attached hydrogens (tertiary/aromatic N) is 1. The summed E-state index contributed by atoms with van der Waals surface area (Å²) in [4.78, 5) is 26.8. The van der Waals surface area contributed by atoms with Crippen molar-refractivity contribution >= 4 is 29.0 Å². The van der Waals surface area contributed by atoms with Crippen LogP contribution in [0.5, 0.6) is 0 Å². The SMILES string of the molecule is Cc1c(C(=O)N2CCCc3cc(F)cc(Cl)c32)oc2c1C(=O)CCC2. The molecule has 1 amide bonds. The van der Waals surface area contributed by atoms with Gasteiger partial charge in [0.1, 0.15) is 11.6 Å². The molecule has 25 heavy (non-hydrogen) atoms. The molecule has 0 bridgehead atoms. The summed E-state index contributed by atoms with van der Waals surface area (Å²) in [5.41, 5.74) is 2.40. The zero-order valence-electron chi connectivity index (χ0n) is 13.8.